The van der Waals surface area contributed by atoms with E-state index in [9.17, 15) is 4.79 Å². The minimum atomic E-state index is -0.113. The molecule has 2 aromatic carbocycles. The van der Waals surface area contributed by atoms with Gasteiger partial charge in [-0.15, -0.1) is 0 Å². The lowest BCUT2D eigenvalue weighted by Crippen LogP contribution is -2.37. The van der Waals surface area contributed by atoms with Gasteiger partial charge in [-0.2, -0.15) is 0 Å². The van der Waals surface area contributed by atoms with Crippen molar-refractivity contribution in [3.63, 3.8) is 0 Å². The van der Waals surface area contributed by atoms with Crippen LogP contribution in [-0.4, -0.2) is 55.7 Å². The fraction of sp³-hybridized carbons (Fsp3) is 0.435. The second-order valence-corrected chi connectivity index (χ2v) is 9.77. The van der Waals surface area contributed by atoms with E-state index >= 15 is 0 Å². The molecule has 0 bridgehead atoms. The van der Waals surface area contributed by atoms with Crippen molar-refractivity contribution < 1.29 is 9.53 Å². The van der Waals surface area contributed by atoms with Crippen molar-refractivity contribution in [1.82, 2.24) is 15.5 Å². The summed E-state index contributed by atoms with van der Waals surface area (Å²) in [5.74, 6) is 0.845. The molecule has 2 aliphatic heterocycles. The summed E-state index contributed by atoms with van der Waals surface area (Å²) < 4.78 is 7.29. The van der Waals surface area contributed by atoms with Crippen molar-refractivity contribution >= 4 is 45.0 Å². The molecule has 2 unspecified atom stereocenters. The van der Waals surface area contributed by atoms with E-state index in [1.165, 1.54) is 5.56 Å². The first kappa shape index (κ1) is 22.9. The number of benzene rings is 2. The normalized spacial score (nSPS) is 21.4. The number of nitrogens with zero attached hydrogens (tertiary/aromatic N) is 1. The summed E-state index contributed by atoms with van der Waals surface area (Å²) in [5, 5.41) is 7.31. The Balaban J connectivity index is 1.30. The summed E-state index contributed by atoms with van der Waals surface area (Å²) in [6.45, 7) is 4.63. The van der Waals surface area contributed by atoms with Gasteiger partial charge in [0.05, 0.1) is 14.5 Å². The van der Waals surface area contributed by atoms with Gasteiger partial charge in [-0.3, -0.25) is 4.79 Å². The summed E-state index contributed by atoms with van der Waals surface area (Å²) in [6.07, 6.45) is 3.10. The van der Waals surface area contributed by atoms with Crippen molar-refractivity contribution in [1.29, 1.82) is 0 Å². The Bertz CT molecular complexity index is 937. The zero-order valence-corrected chi connectivity index (χ0v) is 20.3. The Hall–Kier alpha value is -1.31. The second-order valence-electron chi connectivity index (χ2n) is 8.10. The summed E-state index contributed by atoms with van der Waals surface area (Å²) in [6, 6.07) is 11.3. The molecule has 0 radical (unpaired) electrons. The maximum atomic E-state index is 12.5. The van der Waals surface area contributed by atoms with Crippen molar-refractivity contribution in [2.24, 2.45) is 0 Å². The number of likely N-dealkylation sites (tertiary alicyclic amines) is 1. The molecule has 2 aliphatic rings. The molecular formula is C23H26BrCl2N3O2. The number of ether oxygens (including phenoxy) is 1. The minimum Gasteiger partial charge on any atom is -0.488 e. The number of amides is 1. The third-order valence-corrected chi connectivity index (χ3v) is 7.20. The lowest BCUT2D eigenvalue weighted by Gasteiger charge is -2.20. The molecule has 1 amide bonds. The van der Waals surface area contributed by atoms with Gasteiger partial charge in [-0.25, -0.2) is 0 Å². The van der Waals surface area contributed by atoms with Crippen molar-refractivity contribution in [3.05, 3.63) is 62.0 Å². The number of halogens is 3. The third-order valence-electron chi connectivity index (χ3n) is 5.83. The van der Waals surface area contributed by atoms with Gasteiger partial charge in [0.2, 0.25) is 0 Å². The predicted molar refractivity (Wildman–Crippen MR) is 129 cm³/mol. The molecule has 0 spiro atoms. The SMILES string of the molecule is O=C(NC1CCN(CCc2cccc(Br)c2OC2CCNC2)C1)c1ccc(Cl)c(Cl)c1. The average molecular weight is 527 g/mol. The molecule has 2 heterocycles. The maximum Gasteiger partial charge on any atom is 0.251 e. The number of hydrogen-bond donors (Lipinski definition) is 2. The van der Waals surface area contributed by atoms with E-state index in [0.29, 0.717) is 15.6 Å². The van der Waals surface area contributed by atoms with Crippen LogP contribution in [0.3, 0.4) is 0 Å². The van der Waals surface area contributed by atoms with E-state index in [-0.39, 0.29) is 18.1 Å². The highest BCUT2D eigenvalue weighted by atomic mass is 79.9. The molecule has 0 saturated carbocycles. The van der Waals surface area contributed by atoms with Gasteiger partial charge in [0.25, 0.3) is 5.91 Å². The lowest BCUT2D eigenvalue weighted by molar-refractivity contribution is 0.0938. The third kappa shape index (κ3) is 5.93. The Kier molecular flexibility index (Phi) is 7.77. The minimum absolute atomic E-state index is 0.113. The van der Waals surface area contributed by atoms with Crippen LogP contribution in [0.15, 0.2) is 40.9 Å². The maximum absolute atomic E-state index is 12.5. The molecular weight excluding hydrogens is 501 g/mol. The van der Waals surface area contributed by atoms with Crippen LogP contribution >= 0.6 is 39.1 Å². The number of nitrogens with one attached hydrogen (secondary N) is 2. The highest BCUT2D eigenvalue weighted by molar-refractivity contribution is 9.10. The molecule has 0 aromatic heterocycles. The summed E-state index contributed by atoms with van der Waals surface area (Å²) in [4.78, 5) is 14.9. The quantitative estimate of drug-likeness (QED) is 0.556. The fourth-order valence-corrected chi connectivity index (χ4v) is 4.91. The molecule has 2 atom stereocenters. The van der Waals surface area contributed by atoms with Crippen LogP contribution in [0, 0.1) is 0 Å². The topological polar surface area (TPSA) is 53.6 Å². The van der Waals surface area contributed by atoms with Gasteiger partial charge >= 0.3 is 0 Å². The zero-order valence-electron chi connectivity index (χ0n) is 17.2. The molecule has 5 nitrogen and oxygen atoms in total. The van der Waals surface area contributed by atoms with Crippen LogP contribution in [0.1, 0.15) is 28.8 Å². The molecule has 4 rings (SSSR count). The first-order valence-electron chi connectivity index (χ1n) is 10.6. The smallest absolute Gasteiger partial charge is 0.251 e. The van der Waals surface area contributed by atoms with Gasteiger partial charge in [0, 0.05) is 37.8 Å². The standard InChI is InChI=1S/C23H26BrCl2N3O2/c24-19-3-1-2-15(22(19)31-18-6-9-27-13-18)7-10-29-11-8-17(14-29)28-23(30)16-4-5-20(25)21(26)12-16/h1-5,12,17-18,27H,6-11,13-14H2,(H,28,30). The summed E-state index contributed by atoms with van der Waals surface area (Å²) in [5.41, 5.74) is 1.75. The summed E-state index contributed by atoms with van der Waals surface area (Å²) >= 11 is 15.6. The molecule has 166 valence electrons. The van der Waals surface area contributed by atoms with E-state index in [1.807, 2.05) is 6.07 Å². The number of carbonyl (C=O) groups is 1. The fourth-order valence-electron chi connectivity index (χ4n) is 4.12. The zero-order chi connectivity index (χ0) is 21.8. The van der Waals surface area contributed by atoms with Gasteiger partial charge in [0.1, 0.15) is 11.9 Å². The molecule has 31 heavy (non-hydrogen) atoms. The van der Waals surface area contributed by atoms with Gasteiger partial charge in [-0.05, 0) is 71.6 Å². The van der Waals surface area contributed by atoms with Gasteiger partial charge < -0.3 is 20.3 Å². The first-order chi connectivity index (χ1) is 15.0. The van der Waals surface area contributed by atoms with E-state index in [0.717, 1.165) is 62.2 Å². The number of hydrogen-bond acceptors (Lipinski definition) is 4. The largest absolute Gasteiger partial charge is 0.488 e. The van der Waals surface area contributed by atoms with Crippen LogP contribution in [0.2, 0.25) is 10.0 Å². The van der Waals surface area contributed by atoms with Gasteiger partial charge in [-0.1, -0.05) is 35.3 Å². The lowest BCUT2D eigenvalue weighted by atomic mass is 10.1. The molecule has 2 fully saturated rings. The second kappa shape index (κ2) is 10.5. The number of rotatable bonds is 7. The van der Waals surface area contributed by atoms with Crippen molar-refractivity contribution in [2.45, 2.75) is 31.4 Å². The molecule has 2 saturated heterocycles. The molecule has 2 aromatic rings. The van der Waals surface area contributed by atoms with E-state index < -0.39 is 0 Å². The monoisotopic (exact) mass is 525 g/mol. The Morgan fingerprint density at radius 1 is 1.23 bits per heavy atom. The van der Waals surface area contributed by atoms with Crippen molar-refractivity contribution in [2.75, 3.05) is 32.7 Å². The van der Waals surface area contributed by atoms with E-state index in [1.54, 1.807) is 18.2 Å². The highest BCUT2D eigenvalue weighted by Crippen LogP contribution is 2.31. The molecule has 2 N–H and O–H groups in total. The van der Waals surface area contributed by atoms with Crippen LogP contribution in [0.25, 0.3) is 0 Å². The van der Waals surface area contributed by atoms with Crippen LogP contribution in [-0.2, 0) is 6.42 Å². The number of carbonyl (C=O) groups excluding carboxylic acids is 1. The Labute approximate surface area is 201 Å². The summed E-state index contributed by atoms with van der Waals surface area (Å²) in [7, 11) is 0. The average Bonchev–Trinajstić information content (AvgIpc) is 3.42. The first-order valence-corrected chi connectivity index (χ1v) is 12.2. The van der Waals surface area contributed by atoms with Crippen LogP contribution in [0.5, 0.6) is 5.75 Å². The molecule has 8 heteroatoms. The van der Waals surface area contributed by atoms with Gasteiger partial charge in [0.15, 0.2) is 0 Å². The Morgan fingerprint density at radius 3 is 2.87 bits per heavy atom. The molecule has 0 aliphatic carbocycles. The highest BCUT2D eigenvalue weighted by Gasteiger charge is 2.25. The van der Waals surface area contributed by atoms with Crippen molar-refractivity contribution in [3.8, 4) is 5.75 Å². The van der Waals surface area contributed by atoms with E-state index in [2.05, 4.69) is 43.6 Å². The predicted octanol–water partition coefficient (Wildman–Crippen LogP) is 4.54. The Morgan fingerprint density at radius 2 is 2.10 bits per heavy atom. The number of para-hydroxylation sites is 1. The van der Waals surface area contributed by atoms with E-state index in [4.69, 9.17) is 27.9 Å². The van der Waals surface area contributed by atoms with Crippen LogP contribution < -0.4 is 15.4 Å². The van der Waals surface area contributed by atoms with Crippen LogP contribution in [0.4, 0.5) is 0 Å².